The number of amides is 1. The molecule has 0 aromatic heterocycles. The first-order valence-corrected chi connectivity index (χ1v) is 10.2. The summed E-state index contributed by atoms with van der Waals surface area (Å²) in [5.41, 5.74) is 4.80. The Hall–Kier alpha value is -3.05. The molecule has 0 aliphatic carbocycles. The van der Waals surface area contributed by atoms with Gasteiger partial charge >= 0.3 is 0 Å². The normalized spacial score (nSPS) is 11.3. The molecule has 6 heteroatoms. The van der Waals surface area contributed by atoms with E-state index >= 15 is 0 Å². The van der Waals surface area contributed by atoms with Crippen molar-refractivity contribution in [2.75, 3.05) is 6.61 Å². The maximum Gasteiger partial charge on any atom is 0.272 e. The minimum absolute atomic E-state index is 0.0375. The number of carbonyl (C=O) groups is 1. The largest absolute Gasteiger partial charge is 0.490 e. The van der Waals surface area contributed by atoms with Crippen LogP contribution < -0.4 is 14.9 Å². The first-order chi connectivity index (χ1) is 14.4. The van der Waals surface area contributed by atoms with Crippen molar-refractivity contribution in [3.8, 4) is 11.5 Å². The van der Waals surface area contributed by atoms with E-state index in [4.69, 9.17) is 21.1 Å². The minimum Gasteiger partial charge on any atom is -0.490 e. The van der Waals surface area contributed by atoms with Crippen LogP contribution >= 0.6 is 11.6 Å². The molecule has 1 N–H and O–H groups in total. The zero-order valence-corrected chi connectivity index (χ0v) is 18.3. The molecule has 3 rings (SSSR count). The second-order valence-corrected chi connectivity index (χ2v) is 7.51. The second kappa shape index (κ2) is 9.63. The lowest BCUT2D eigenvalue weighted by molar-refractivity contribution is 0.0956. The maximum atomic E-state index is 12.8. The molecular formula is C24H25ClN2O3. The SMILES string of the molecule is CCOc1cc(/C=N\NC(=O)c2c(C)ccc3ccccc23)cc(Cl)c1OC(C)C. The van der Waals surface area contributed by atoms with Crippen molar-refractivity contribution in [1.29, 1.82) is 0 Å². The number of ether oxygens (including phenoxy) is 2. The average molecular weight is 425 g/mol. The van der Waals surface area contributed by atoms with Gasteiger partial charge in [-0.15, -0.1) is 0 Å². The Morgan fingerprint density at radius 2 is 1.97 bits per heavy atom. The lowest BCUT2D eigenvalue weighted by Gasteiger charge is -2.16. The van der Waals surface area contributed by atoms with Crippen LogP contribution in [0.5, 0.6) is 11.5 Å². The fourth-order valence-corrected chi connectivity index (χ4v) is 3.44. The Kier molecular flexibility index (Phi) is 6.95. The third kappa shape index (κ3) is 4.92. The smallest absolute Gasteiger partial charge is 0.272 e. The molecular weight excluding hydrogens is 400 g/mol. The van der Waals surface area contributed by atoms with Crippen LogP contribution in [-0.2, 0) is 0 Å². The van der Waals surface area contributed by atoms with Gasteiger partial charge in [-0.25, -0.2) is 5.43 Å². The minimum atomic E-state index is -0.267. The highest BCUT2D eigenvalue weighted by Crippen LogP contribution is 2.37. The van der Waals surface area contributed by atoms with Gasteiger partial charge in [-0.2, -0.15) is 5.10 Å². The van der Waals surface area contributed by atoms with Crippen LogP contribution in [0.3, 0.4) is 0 Å². The van der Waals surface area contributed by atoms with E-state index in [1.54, 1.807) is 12.1 Å². The number of carbonyl (C=O) groups excluding carboxylic acids is 1. The summed E-state index contributed by atoms with van der Waals surface area (Å²) in [7, 11) is 0. The first kappa shape index (κ1) is 21.7. The number of hydrazone groups is 1. The number of benzene rings is 3. The Balaban J connectivity index is 1.83. The Morgan fingerprint density at radius 3 is 2.70 bits per heavy atom. The van der Waals surface area contributed by atoms with Gasteiger partial charge in [0.15, 0.2) is 11.5 Å². The van der Waals surface area contributed by atoms with Crippen LogP contribution in [0.1, 0.15) is 42.3 Å². The van der Waals surface area contributed by atoms with Gasteiger partial charge in [0.2, 0.25) is 0 Å². The number of nitrogens with zero attached hydrogens (tertiary/aromatic N) is 1. The van der Waals surface area contributed by atoms with Gasteiger partial charge < -0.3 is 9.47 Å². The van der Waals surface area contributed by atoms with Crippen molar-refractivity contribution < 1.29 is 14.3 Å². The van der Waals surface area contributed by atoms with Crippen LogP contribution in [0.2, 0.25) is 5.02 Å². The topological polar surface area (TPSA) is 59.9 Å². The molecule has 156 valence electrons. The molecule has 0 saturated heterocycles. The van der Waals surface area contributed by atoms with E-state index in [2.05, 4.69) is 10.5 Å². The van der Waals surface area contributed by atoms with Crippen molar-refractivity contribution >= 4 is 34.5 Å². The standard InChI is InChI=1S/C24H25ClN2O3/c1-5-29-21-13-17(12-20(25)23(21)30-15(2)3)14-26-27-24(28)22-16(4)10-11-18-8-6-7-9-19(18)22/h6-15H,5H2,1-4H3,(H,27,28)/b26-14-. The zero-order valence-electron chi connectivity index (χ0n) is 17.5. The van der Waals surface area contributed by atoms with Gasteiger partial charge in [0.05, 0.1) is 29.5 Å². The van der Waals surface area contributed by atoms with E-state index in [0.717, 1.165) is 16.3 Å². The Morgan fingerprint density at radius 1 is 1.20 bits per heavy atom. The fourth-order valence-electron chi connectivity index (χ4n) is 3.18. The van der Waals surface area contributed by atoms with Gasteiger partial charge in [-0.3, -0.25) is 4.79 Å². The number of hydrogen-bond acceptors (Lipinski definition) is 4. The number of fused-ring (bicyclic) bond motifs is 1. The molecule has 1 amide bonds. The third-order valence-electron chi connectivity index (χ3n) is 4.43. The highest BCUT2D eigenvalue weighted by molar-refractivity contribution is 6.32. The molecule has 5 nitrogen and oxygen atoms in total. The summed E-state index contributed by atoms with van der Waals surface area (Å²) in [4.78, 5) is 12.8. The summed E-state index contributed by atoms with van der Waals surface area (Å²) in [6.07, 6.45) is 1.50. The quantitative estimate of drug-likeness (QED) is 0.388. The second-order valence-electron chi connectivity index (χ2n) is 7.11. The van der Waals surface area contributed by atoms with E-state index in [1.165, 1.54) is 6.21 Å². The molecule has 3 aromatic carbocycles. The summed E-state index contributed by atoms with van der Waals surface area (Å²) in [5, 5.41) is 6.44. The van der Waals surface area contributed by atoms with Crippen molar-refractivity contribution in [3.63, 3.8) is 0 Å². The van der Waals surface area contributed by atoms with E-state index in [1.807, 2.05) is 64.1 Å². The van der Waals surface area contributed by atoms with Crippen molar-refractivity contribution in [2.45, 2.75) is 33.8 Å². The van der Waals surface area contributed by atoms with Crippen molar-refractivity contribution in [2.24, 2.45) is 5.10 Å². The number of aryl methyl sites for hydroxylation is 1. The zero-order chi connectivity index (χ0) is 21.7. The number of hydrogen-bond donors (Lipinski definition) is 1. The average Bonchev–Trinajstić information content (AvgIpc) is 2.70. The number of rotatable bonds is 7. The lowest BCUT2D eigenvalue weighted by atomic mass is 9.99. The van der Waals surface area contributed by atoms with Crippen LogP contribution in [0.4, 0.5) is 0 Å². The molecule has 0 aliphatic rings. The van der Waals surface area contributed by atoms with E-state index < -0.39 is 0 Å². The molecule has 0 fully saturated rings. The van der Waals surface area contributed by atoms with E-state index in [0.29, 0.717) is 34.3 Å². The van der Waals surface area contributed by atoms with E-state index in [9.17, 15) is 4.79 Å². The van der Waals surface area contributed by atoms with Crippen molar-refractivity contribution in [1.82, 2.24) is 5.43 Å². The van der Waals surface area contributed by atoms with Gasteiger partial charge in [0, 0.05) is 0 Å². The molecule has 0 radical (unpaired) electrons. The maximum absolute atomic E-state index is 12.8. The predicted octanol–water partition coefficient (Wildman–Crippen LogP) is 5.75. The van der Waals surface area contributed by atoms with Crippen LogP contribution in [-0.4, -0.2) is 24.8 Å². The summed E-state index contributed by atoms with van der Waals surface area (Å²) >= 11 is 6.38. The van der Waals surface area contributed by atoms with Gasteiger partial charge in [0.1, 0.15) is 0 Å². The van der Waals surface area contributed by atoms with Gasteiger partial charge in [0.25, 0.3) is 5.91 Å². The third-order valence-corrected chi connectivity index (χ3v) is 4.71. The fraction of sp³-hybridized carbons (Fsp3) is 0.250. The Bertz CT molecular complexity index is 1090. The first-order valence-electron chi connectivity index (χ1n) is 9.85. The Labute approximate surface area is 181 Å². The molecule has 0 saturated carbocycles. The summed E-state index contributed by atoms with van der Waals surface area (Å²) in [6, 6.07) is 15.2. The summed E-state index contributed by atoms with van der Waals surface area (Å²) in [6.45, 7) is 8.12. The highest BCUT2D eigenvalue weighted by Gasteiger charge is 2.14. The molecule has 0 spiro atoms. The molecule has 0 aliphatic heterocycles. The summed E-state index contributed by atoms with van der Waals surface area (Å²) in [5.74, 6) is 0.772. The monoisotopic (exact) mass is 424 g/mol. The molecule has 0 heterocycles. The molecule has 3 aromatic rings. The van der Waals surface area contributed by atoms with E-state index in [-0.39, 0.29) is 12.0 Å². The van der Waals surface area contributed by atoms with Crippen LogP contribution in [0.25, 0.3) is 10.8 Å². The van der Waals surface area contributed by atoms with Gasteiger partial charge in [-0.05, 0) is 61.7 Å². The molecule has 0 unspecified atom stereocenters. The predicted molar refractivity (Wildman–Crippen MR) is 122 cm³/mol. The highest BCUT2D eigenvalue weighted by atomic mass is 35.5. The lowest BCUT2D eigenvalue weighted by Crippen LogP contribution is -2.19. The number of nitrogens with one attached hydrogen (secondary N) is 1. The van der Waals surface area contributed by atoms with Gasteiger partial charge in [-0.1, -0.05) is 48.0 Å². The summed E-state index contributed by atoms with van der Waals surface area (Å²) < 4.78 is 11.4. The van der Waals surface area contributed by atoms with Crippen LogP contribution in [0.15, 0.2) is 53.6 Å². The molecule has 30 heavy (non-hydrogen) atoms. The molecule has 0 bridgehead atoms. The van der Waals surface area contributed by atoms with Crippen LogP contribution in [0, 0.1) is 6.92 Å². The van der Waals surface area contributed by atoms with Crippen molar-refractivity contribution in [3.05, 3.63) is 70.2 Å². The number of halogens is 1. The molecule has 0 atom stereocenters.